The third-order valence-electron chi connectivity index (χ3n) is 8.57. The Balaban J connectivity index is 0.000000629. The second kappa shape index (κ2) is 19.1. The van der Waals surface area contributed by atoms with Crippen LogP contribution in [0.2, 0.25) is 0 Å². The first-order valence-electron chi connectivity index (χ1n) is 18.8. The number of ether oxygens (including phenoxy) is 2. The van der Waals surface area contributed by atoms with E-state index in [1.807, 2.05) is 60.7 Å². The van der Waals surface area contributed by atoms with Crippen molar-refractivity contribution >= 4 is 50.7 Å². The molecule has 28 heteroatoms. The number of amides is 2. The average Bonchev–Trinajstić information content (AvgIpc) is 3.93. The molecule has 4 N–H and O–H groups in total. The van der Waals surface area contributed by atoms with Crippen LogP contribution in [0.3, 0.4) is 0 Å². The van der Waals surface area contributed by atoms with Crippen LogP contribution in [-0.2, 0) is 55.8 Å². The predicted octanol–water partition coefficient (Wildman–Crippen LogP) is 7.87. The second-order valence-electron chi connectivity index (χ2n) is 14.6. The Labute approximate surface area is 346 Å². The molecule has 2 fully saturated rings. The monoisotopic (exact) mass is 954 g/mol. The van der Waals surface area contributed by atoms with Crippen molar-refractivity contribution in [2.75, 3.05) is 23.7 Å². The van der Waals surface area contributed by atoms with Crippen molar-refractivity contribution in [1.29, 1.82) is 0 Å². The molecule has 0 saturated carbocycles. The first kappa shape index (κ1) is 51.8. The van der Waals surface area contributed by atoms with Crippen molar-refractivity contribution in [1.82, 2.24) is 19.8 Å². The summed E-state index contributed by atoms with van der Waals surface area (Å²) >= 11 is 0. The normalized spacial score (nSPS) is 21.0. The van der Waals surface area contributed by atoms with Gasteiger partial charge in [-0.25, -0.2) is 18.3 Å². The number of aromatic nitrogens is 4. The van der Waals surface area contributed by atoms with Gasteiger partial charge in [-0.1, -0.05) is 0 Å². The molecule has 0 aliphatic carbocycles. The zero-order chi connectivity index (χ0) is 46.7. The van der Waals surface area contributed by atoms with Crippen molar-refractivity contribution in [3.05, 3.63) is 61.7 Å². The van der Waals surface area contributed by atoms with Crippen LogP contribution in [0.1, 0.15) is 51.4 Å². The maximum atomic E-state index is 12.8. The number of halogens is 12. The Morgan fingerprint density at radius 1 is 0.613 bits per heavy atom. The van der Waals surface area contributed by atoms with Crippen LogP contribution >= 0.6 is 15.6 Å². The van der Waals surface area contributed by atoms with Crippen LogP contribution in [0, 0.1) is 0 Å². The third kappa shape index (κ3) is 26.1. The number of hydrogen-bond acceptors (Lipinski definition) is 8. The molecule has 354 valence electrons. The second-order valence-corrected chi connectivity index (χ2v) is 18.5. The van der Waals surface area contributed by atoms with E-state index < -0.39 is 27.7 Å². The van der Waals surface area contributed by atoms with E-state index in [4.69, 9.17) is 9.47 Å². The van der Waals surface area contributed by atoms with E-state index in [2.05, 4.69) is 30.4 Å². The molecular weight excluding hydrogens is 906 g/mol. The van der Waals surface area contributed by atoms with E-state index in [9.17, 15) is 69.5 Å². The van der Waals surface area contributed by atoms with Gasteiger partial charge in [-0.3, -0.25) is 19.2 Å². The number of esters is 2. The fourth-order valence-corrected chi connectivity index (χ4v) is 5.97. The summed E-state index contributed by atoms with van der Waals surface area (Å²) in [6.07, 6.45) is 16.0. The number of carbonyl (C=O) groups is 4. The Morgan fingerprint density at radius 3 is 1.23 bits per heavy atom. The summed E-state index contributed by atoms with van der Waals surface area (Å²) in [7, 11) is -17.4. The number of carbonyl (C=O) groups excluding carboxylic acids is 4. The number of nitrogens with zero attached hydrogens (tertiary/aromatic N) is 4. The predicted molar refractivity (Wildman–Crippen MR) is 202 cm³/mol. The molecule has 0 spiro atoms. The average molecular weight is 955 g/mol. The molecule has 2 saturated heterocycles. The minimum absolute atomic E-state index is 0.212. The standard InChI is InChI=1S/C34H46N8O6.2F6P/c1-39-15-17-41(23-39)13-5-3-7-31(43)47-27-19-29(35-21-27)33(45)37-25-9-11-26(12-10-25)38-34(46)30-20-28(22-36-30)48-32(44)8-4-6-14-42-18-16-40(2)24-42;2*1-7(2,3,4,5)6/h9-12,15-18,23-24,27-30,35-36H,3-8,13-14,19-22H2,1-2H3;;/q;2*-1/p+2/t27-,28-,29+,30+;;/m1../s1. The summed E-state index contributed by atoms with van der Waals surface area (Å²) in [6, 6.07) is 5.93. The Morgan fingerprint density at radius 2 is 0.935 bits per heavy atom. The molecule has 1 aromatic carbocycles. The summed E-state index contributed by atoms with van der Waals surface area (Å²) in [6.45, 7) is 2.55. The summed E-state index contributed by atoms with van der Waals surface area (Å²) in [4.78, 5) is 50.3. The van der Waals surface area contributed by atoms with Gasteiger partial charge in [0.2, 0.25) is 24.5 Å². The maximum absolute atomic E-state index is 12.8. The molecule has 14 nitrogen and oxygen atoms in total. The van der Waals surface area contributed by atoms with E-state index in [0.717, 1.165) is 38.8 Å². The van der Waals surface area contributed by atoms with Crippen LogP contribution in [-0.4, -0.2) is 70.3 Å². The molecule has 0 radical (unpaired) electrons. The van der Waals surface area contributed by atoms with Gasteiger partial charge in [-0.2, -0.15) is 0 Å². The molecule has 2 aliphatic rings. The number of unbranched alkanes of at least 4 members (excludes halogenated alkanes) is 2. The molecule has 2 amide bonds. The SMILES string of the molecule is C[n+]1ccn(CCCCC(=O)O[C@H]2CN[C@H](C(=O)Nc3ccc(NC(=O)[C@@H]4C[C@@H](OC(=O)CCCCn5cc[n+](C)c5)CN4)cc3)C2)c1.F[P-](F)(F)(F)(F)F.F[P-](F)(F)(F)(F)F. The van der Waals surface area contributed by atoms with Crippen LogP contribution in [0.25, 0.3) is 0 Å². The molecule has 4 atom stereocenters. The zero-order valence-electron chi connectivity index (χ0n) is 33.2. The summed E-state index contributed by atoms with van der Waals surface area (Å²) in [5, 5.41) is 12.0. The summed E-state index contributed by atoms with van der Waals surface area (Å²) in [5.74, 6) is -0.910. The quantitative estimate of drug-likeness (QED) is 0.0373. The van der Waals surface area contributed by atoms with Crippen LogP contribution < -0.4 is 30.4 Å². The van der Waals surface area contributed by atoms with Gasteiger partial charge in [0.15, 0.2) is 0 Å². The van der Waals surface area contributed by atoms with Crippen LogP contribution in [0.4, 0.5) is 61.7 Å². The fraction of sp³-hybridized carbons (Fsp3) is 0.529. The van der Waals surface area contributed by atoms with E-state index in [1.165, 1.54) is 0 Å². The van der Waals surface area contributed by atoms with Crippen molar-refractivity contribution in [3.63, 3.8) is 0 Å². The third-order valence-corrected chi connectivity index (χ3v) is 8.57. The van der Waals surface area contributed by atoms with E-state index >= 15 is 0 Å². The van der Waals surface area contributed by atoms with E-state index in [-0.39, 0.29) is 36.0 Å². The number of hydrogen-bond donors (Lipinski definition) is 4. The first-order chi connectivity index (χ1) is 28.1. The van der Waals surface area contributed by atoms with Gasteiger partial charge in [-0.05, 0) is 49.9 Å². The van der Waals surface area contributed by atoms with Gasteiger partial charge in [0.05, 0.1) is 39.3 Å². The van der Waals surface area contributed by atoms with Gasteiger partial charge < -0.3 is 30.7 Å². The number of imidazole rings is 2. The molecule has 3 aromatic rings. The number of anilines is 2. The number of benzene rings is 1. The van der Waals surface area contributed by atoms with Crippen LogP contribution in [0.5, 0.6) is 0 Å². The Hall–Kier alpha value is -4.54. The minimum atomic E-state index is -10.7. The summed E-state index contributed by atoms with van der Waals surface area (Å²) < 4.78 is 138. The molecule has 4 heterocycles. The molecule has 2 aromatic heterocycles. The molecule has 5 rings (SSSR count). The molecule has 0 bridgehead atoms. The van der Waals surface area contributed by atoms with Gasteiger partial charge in [0.1, 0.15) is 37.0 Å². The van der Waals surface area contributed by atoms with E-state index in [0.29, 0.717) is 50.1 Å². The van der Waals surface area contributed by atoms with Crippen molar-refractivity contribution in [2.24, 2.45) is 14.1 Å². The molecule has 2 aliphatic heterocycles. The Kier molecular flexibility index (Phi) is 15.9. The zero-order valence-corrected chi connectivity index (χ0v) is 35.0. The van der Waals surface area contributed by atoms with Gasteiger partial charge in [0.25, 0.3) is 0 Å². The van der Waals surface area contributed by atoms with Gasteiger partial charge >= 0.3 is 77.9 Å². The van der Waals surface area contributed by atoms with E-state index in [1.54, 1.807) is 24.3 Å². The molecule has 0 unspecified atom stereocenters. The number of nitrogens with one attached hydrogen (secondary N) is 4. The first-order valence-corrected chi connectivity index (χ1v) is 22.9. The number of aryl methyl sites for hydroxylation is 4. The van der Waals surface area contributed by atoms with Crippen molar-refractivity contribution in [3.8, 4) is 0 Å². The molecule has 62 heavy (non-hydrogen) atoms. The van der Waals surface area contributed by atoms with Crippen molar-refractivity contribution in [2.45, 2.75) is 88.7 Å². The van der Waals surface area contributed by atoms with Gasteiger partial charge in [0, 0.05) is 50.1 Å². The fourth-order valence-electron chi connectivity index (χ4n) is 5.97. The molecular formula is C34H48F12N8O6P2. The topological polar surface area (TPSA) is 152 Å². The number of rotatable bonds is 16. The van der Waals surface area contributed by atoms with Crippen LogP contribution in [0.15, 0.2) is 61.7 Å². The Bertz CT molecular complexity index is 1840. The summed E-state index contributed by atoms with van der Waals surface area (Å²) in [5.41, 5.74) is 1.18. The van der Waals surface area contributed by atoms with Gasteiger partial charge in [-0.15, -0.1) is 0 Å². The van der Waals surface area contributed by atoms with Crippen molar-refractivity contribution < 1.29 is 88.1 Å².